The highest BCUT2D eigenvalue weighted by molar-refractivity contribution is 7.92. The molecule has 9 nitrogen and oxygen atoms in total. The van der Waals surface area contributed by atoms with Crippen LogP contribution in [0.1, 0.15) is 17.7 Å². The zero-order valence-electron chi connectivity index (χ0n) is 17.7. The Morgan fingerprint density at radius 3 is 2.42 bits per heavy atom. The number of sulfonamides is 1. The zero-order chi connectivity index (χ0) is 23.5. The number of benzene rings is 2. The summed E-state index contributed by atoms with van der Waals surface area (Å²) >= 11 is 0. The van der Waals surface area contributed by atoms with Gasteiger partial charge in [-0.05, 0) is 55.0 Å². The Kier molecular flexibility index (Phi) is 6.54. The summed E-state index contributed by atoms with van der Waals surface area (Å²) in [5.74, 6) is 1.29. The van der Waals surface area contributed by atoms with Crippen LogP contribution in [0.2, 0.25) is 0 Å². The van der Waals surface area contributed by atoms with Crippen molar-refractivity contribution >= 4 is 19.9 Å². The van der Waals surface area contributed by atoms with E-state index in [1.165, 1.54) is 42.7 Å². The third kappa shape index (κ3) is 4.95. The topological polar surface area (TPSA) is 121 Å². The van der Waals surface area contributed by atoms with Gasteiger partial charge in [0.2, 0.25) is 16.8 Å². The number of hydrogen-bond acceptors (Lipinski definition) is 8. The van der Waals surface area contributed by atoms with E-state index < -0.39 is 31.7 Å². The Hall–Kier alpha value is -3.15. The van der Waals surface area contributed by atoms with E-state index in [9.17, 15) is 16.8 Å². The van der Waals surface area contributed by atoms with Crippen LogP contribution in [0.5, 0.6) is 17.2 Å². The molecule has 0 aliphatic carbocycles. The zero-order valence-corrected chi connectivity index (χ0v) is 19.3. The first kappa shape index (κ1) is 23.0. The van der Waals surface area contributed by atoms with Crippen LogP contribution >= 0.6 is 0 Å². The number of nitrogens with one attached hydrogen (secondary N) is 1. The molecule has 1 aromatic heterocycles. The monoisotopic (exact) mass is 490 g/mol. The molecule has 33 heavy (non-hydrogen) atoms. The summed E-state index contributed by atoms with van der Waals surface area (Å²) in [5.41, 5.74) is 0.361. The minimum absolute atomic E-state index is 0.00960. The van der Waals surface area contributed by atoms with Crippen molar-refractivity contribution in [3.63, 3.8) is 0 Å². The molecule has 4 rings (SSSR count). The van der Waals surface area contributed by atoms with E-state index in [1.807, 2.05) is 6.92 Å². The van der Waals surface area contributed by atoms with Gasteiger partial charge in [-0.15, -0.1) is 0 Å². The van der Waals surface area contributed by atoms with Crippen molar-refractivity contribution in [2.75, 3.05) is 19.9 Å². The molecule has 3 aromatic rings. The third-order valence-corrected chi connectivity index (χ3v) is 8.55. The predicted octanol–water partition coefficient (Wildman–Crippen LogP) is 2.70. The van der Waals surface area contributed by atoms with Gasteiger partial charge in [0.15, 0.2) is 21.3 Å². The minimum Gasteiger partial charge on any atom is -0.494 e. The van der Waals surface area contributed by atoms with Crippen LogP contribution in [-0.2, 0) is 19.9 Å². The van der Waals surface area contributed by atoms with E-state index in [2.05, 4.69) is 9.71 Å². The Morgan fingerprint density at radius 2 is 1.73 bits per heavy atom. The molecular formula is C22H22N2O7S2. The first-order chi connectivity index (χ1) is 15.8. The molecule has 1 N–H and O–H groups in total. The van der Waals surface area contributed by atoms with Crippen molar-refractivity contribution in [3.8, 4) is 17.2 Å². The van der Waals surface area contributed by atoms with E-state index in [-0.39, 0.29) is 16.6 Å². The molecule has 1 unspecified atom stereocenters. The van der Waals surface area contributed by atoms with Crippen molar-refractivity contribution in [2.45, 2.75) is 22.0 Å². The van der Waals surface area contributed by atoms with Gasteiger partial charge >= 0.3 is 0 Å². The van der Waals surface area contributed by atoms with Crippen LogP contribution in [0, 0.1) is 0 Å². The molecule has 1 atom stereocenters. The van der Waals surface area contributed by atoms with Gasteiger partial charge in [0, 0.05) is 25.0 Å². The molecule has 0 amide bonds. The molecule has 0 spiro atoms. The molecule has 0 radical (unpaired) electrons. The van der Waals surface area contributed by atoms with Crippen LogP contribution in [-0.4, -0.2) is 41.8 Å². The first-order valence-corrected chi connectivity index (χ1v) is 13.1. The molecule has 0 bridgehead atoms. The number of aromatic nitrogens is 1. The lowest BCUT2D eigenvalue weighted by molar-refractivity contribution is 0.174. The van der Waals surface area contributed by atoms with E-state index in [0.717, 1.165) is 0 Å². The molecule has 0 saturated carbocycles. The van der Waals surface area contributed by atoms with Crippen LogP contribution < -0.4 is 18.9 Å². The van der Waals surface area contributed by atoms with Crippen molar-refractivity contribution < 1.29 is 31.0 Å². The van der Waals surface area contributed by atoms with Gasteiger partial charge in [-0.2, -0.15) is 0 Å². The number of hydrogen-bond donors (Lipinski definition) is 1. The van der Waals surface area contributed by atoms with Crippen molar-refractivity contribution in [2.24, 2.45) is 0 Å². The van der Waals surface area contributed by atoms with Gasteiger partial charge in [0.1, 0.15) is 11.0 Å². The second kappa shape index (κ2) is 9.38. The Bertz CT molecular complexity index is 1330. The van der Waals surface area contributed by atoms with Gasteiger partial charge in [-0.3, -0.25) is 4.98 Å². The van der Waals surface area contributed by atoms with Crippen molar-refractivity contribution in [1.29, 1.82) is 0 Å². The standard InChI is InChI=1S/C22H22N2O7S2/c1-2-29-17-5-7-18(8-6-17)32(25,26)22(16-4-3-11-23-13-16)14-24-33(27,28)19-9-10-20-21(12-19)31-15-30-20/h3-13,22,24H,2,14-15H2,1H3. The maximum Gasteiger partial charge on any atom is 0.240 e. The molecule has 1 aliphatic rings. The van der Waals surface area contributed by atoms with E-state index in [1.54, 1.807) is 24.3 Å². The van der Waals surface area contributed by atoms with E-state index >= 15 is 0 Å². The Labute approximate surface area is 192 Å². The van der Waals surface area contributed by atoms with Crippen LogP contribution in [0.25, 0.3) is 0 Å². The Balaban J connectivity index is 1.62. The minimum atomic E-state index is -4.03. The highest BCUT2D eigenvalue weighted by Gasteiger charge is 2.31. The summed E-state index contributed by atoms with van der Waals surface area (Å²) in [6.07, 6.45) is 2.92. The average molecular weight is 491 g/mol. The summed E-state index contributed by atoms with van der Waals surface area (Å²) < 4.78 is 71.0. The number of sulfone groups is 1. The van der Waals surface area contributed by atoms with E-state index in [4.69, 9.17) is 14.2 Å². The Morgan fingerprint density at radius 1 is 1.00 bits per heavy atom. The molecule has 0 fully saturated rings. The second-order valence-electron chi connectivity index (χ2n) is 7.09. The van der Waals surface area contributed by atoms with Crippen molar-refractivity contribution in [1.82, 2.24) is 9.71 Å². The summed E-state index contributed by atoms with van der Waals surface area (Å²) in [4.78, 5) is 3.98. The third-order valence-electron chi connectivity index (χ3n) is 5.01. The first-order valence-electron chi connectivity index (χ1n) is 10.1. The molecule has 2 heterocycles. The number of fused-ring (bicyclic) bond motifs is 1. The fourth-order valence-corrected chi connectivity index (χ4v) is 6.15. The van der Waals surface area contributed by atoms with Gasteiger partial charge in [-0.1, -0.05) is 6.07 Å². The second-order valence-corrected chi connectivity index (χ2v) is 11.0. The highest BCUT2D eigenvalue weighted by atomic mass is 32.2. The SMILES string of the molecule is CCOc1ccc(S(=O)(=O)C(CNS(=O)(=O)c2ccc3c(c2)OCO3)c2cccnc2)cc1. The largest absolute Gasteiger partial charge is 0.494 e. The number of nitrogens with zero attached hydrogens (tertiary/aromatic N) is 1. The molecular weight excluding hydrogens is 468 g/mol. The van der Waals surface area contributed by atoms with Crippen molar-refractivity contribution in [3.05, 3.63) is 72.6 Å². The van der Waals surface area contributed by atoms with Crippen LogP contribution in [0.3, 0.4) is 0 Å². The maximum atomic E-state index is 13.5. The number of pyridine rings is 1. The lowest BCUT2D eigenvalue weighted by atomic mass is 10.2. The van der Waals surface area contributed by atoms with Crippen LogP contribution in [0.4, 0.5) is 0 Å². The smallest absolute Gasteiger partial charge is 0.240 e. The quantitative estimate of drug-likeness (QED) is 0.486. The molecule has 174 valence electrons. The molecule has 2 aromatic carbocycles. The summed E-state index contributed by atoms with van der Waals surface area (Å²) in [6, 6.07) is 13.4. The summed E-state index contributed by atoms with van der Waals surface area (Å²) in [7, 11) is -8.00. The fourth-order valence-electron chi connectivity index (χ4n) is 3.34. The molecule has 11 heteroatoms. The fraction of sp³-hybridized carbons (Fsp3) is 0.227. The lowest BCUT2D eigenvalue weighted by Gasteiger charge is -2.19. The highest BCUT2D eigenvalue weighted by Crippen LogP contribution is 2.34. The molecule has 0 saturated heterocycles. The van der Waals surface area contributed by atoms with Gasteiger partial charge < -0.3 is 14.2 Å². The summed E-state index contributed by atoms with van der Waals surface area (Å²) in [5, 5.41) is -1.20. The summed E-state index contributed by atoms with van der Waals surface area (Å²) in [6.45, 7) is 1.90. The van der Waals surface area contributed by atoms with Gasteiger partial charge in [-0.25, -0.2) is 21.6 Å². The average Bonchev–Trinajstić information content (AvgIpc) is 3.28. The number of ether oxygens (including phenoxy) is 3. The normalized spacial score (nSPS) is 14.1. The lowest BCUT2D eigenvalue weighted by Crippen LogP contribution is -2.32. The van der Waals surface area contributed by atoms with E-state index in [0.29, 0.717) is 29.4 Å². The van der Waals surface area contributed by atoms with Gasteiger partial charge in [0.25, 0.3) is 0 Å². The number of rotatable bonds is 9. The van der Waals surface area contributed by atoms with Crippen LogP contribution in [0.15, 0.2) is 76.8 Å². The van der Waals surface area contributed by atoms with Gasteiger partial charge in [0.05, 0.1) is 16.4 Å². The molecule has 1 aliphatic heterocycles. The predicted molar refractivity (Wildman–Crippen MR) is 120 cm³/mol. The maximum absolute atomic E-state index is 13.5.